The summed E-state index contributed by atoms with van der Waals surface area (Å²) in [7, 11) is 0. The third-order valence-corrected chi connectivity index (χ3v) is 6.26. The summed E-state index contributed by atoms with van der Waals surface area (Å²) in [6.07, 6.45) is 8.40. The molecule has 0 aromatic heterocycles. The number of hydrogen-bond acceptors (Lipinski definition) is 3. The molecule has 6 nitrogen and oxygen atoms in total. The van der Waals surface area contributed by atoms with E-state index in [2.05, 4.69) is 10.6 Å². The average molecular weight is 335 g/mol. The smallest absolute Gasteiger partial charge is 0.325 e. The molecule has 2 unspecified atom stereocenters. The van der Waals surface area contributed by atoms with E-state index in [1.54, 1.807) is 0 Å². The van der Waals surface area contributed by atoms with Gasteiger partial charge in [0, 0.05) is 6.04 Å². The Bertz CT molecular complexity index is 518. The zero-order valence-electron chi connectivity index (χ0n) is 14.8. The number of nitrogens with one attached hydrogen (secondary N) is 2. The summed E-state index contributed by atoms with van der Waals surface area (Å²) in [5.41, 5.74) is -0.819. The minimum absolute atomic E-state index is 0.101. The van der Waals surface area contributed by atoms with Gasteiger partial charge in [0.25, 0.3) is 5.91 Å². The Labute approximate surface area is 143 Å². The molecule has 1 heterocycles. The Hall–Kier alpha value is -1.59. The average Bonchev–Trinajstić information content (AvgIpc) is 2.79. The molecule has 0 aromatic carbocycles. The number of imide groups is 1. The van der Waals surface area contributed by atoms with Gasteiger partial charge in [0.2, 0.25) is 5.91 Å². The van der Waals surface area contributed by atoms with Gasteiger partial charge in [-0.3, -0.25) is 14.5 Å². The molecule has 3 rings (SSSR count). The highest BCUT2D eigenvalue weighted by atomic mass is 16.2. The predicted octanol–water partition coefficient (Wildman–Crippen LogP) is 2.18. The van der Waals surface area contributed by atoms with Crippen molar-refractivity contribution >= 4 is 17.8 Å². The first-order valence-corrected chi connectivity index (χ1v) is 9.38. The number of rotatable bonds is 3. The van der Waals surface area contributed by atoms with E-state index in [9.17, 15) is 14.4 Å². The molecule has 0 aromatic rings. The quantitative estimate of drug-likeness (QED) is 0.776. The maximum absolute atomic E-state index is 13.0. The number of carbonyl (C=O) groups is 3. The lowest BCUT2D eigenvalue weighted by Gasteiger charge is -2.42. The molecule has 0 bridgehead atoms. The second-order valence-electron chi connectivity index (χ2n) is 7.83. The predicted molar refractivity (Wildman–Crippen MR) is 90.2 cm³/mol. The molecule has 2 aliphatic carbocycles. The standard InChI is InChI=1S/C18H29N3O3/c1-12-7-6-8-13(2)18(12)16(23)21(17(24)20-18)11-15(22)19-14-9-4-3-5-10-14/h12-14H,3-11H2,1-2H3,(H,19,22)(H,20,24). The Morgan fingerprint density at radius 2 is 1.71 bits per heavy atom. The topological polar surface area (TPSA) is 78.5 Å². The lowest BCUT2D eigenvalue weighted by Crippen LogP contribution is -2.59. The molecule has 2 saturated carbocycles. The molecule has 0 radical (unpaired) electrons. The highest BCUT2D eigenvalue weighted by Crippen LogP contribution is 2.42. The summed E-state index contributed by atoms with van der Waals surface area (Å²) >= 11 is 0. The fourth-order valence-electron chi connectivity index (χ4n) is 4.76. The molecule has 3 aliphatic rings. The largest absolute Gasteiger partial charge is 0.352 e. The fraction of sp³-hybridized carbons (Fsp3) is 0.833. The molecule has 3 fully saturated rings. The van der Waals surface area contributed by atoms with Gasteiger partial charge in [-0.1, -0.05) is 39.5 Å². The summed E-state index contributed by atoms with van der Waals surface area (Å²) in [6.45, 7) is 3.89. The molecule has 134 valence electrons. The molecule has 2 atom stereocenters. The molecular formula is C18H29N3O3. The van der Waals surface area contributed by atoms with Crippen LogP contribution in [0.25, 0.3) is 0 Å². The zero-order chi connectivity index (χ0) is 17.3. The van der Waals surface area contributed by atoms with Crippen LogP contribution in [-0.4, -0.2) is 40.9 Å². The van der Waals surface area contributed by atoms with Crippen LogP contribution in [-0.2, 0) is 9.59 Å². The molecule has 1 spiro atoms. The minimum Gasteiger partial charge on any atom is -0.352 e. The van der Waals surface area contributed by atoms with Crippen molar-refractivity contribution < 1.29 is 14.4 Å². The van der Waals surface area contributed by atoms with Crippen LogP contribution in [0.3, 0.4) is 0 Å². The van der Waals surface area contributed by atoms with Crippen LogP contribution in [0.4, 0.5) is 4.79 Å². The SMILES string of the molecule is CC1CCCC(C)C12NC(=O)N(CC(=O)NC1CCCCC1)C2=O. The van der Waals surface area contributed by atoms with Gasteiger partial charge >= 0.3 is 6.03 Å². The molecule has 4 amide bonds. The van der Waals surface area contributed by atoms with E-state index in [1.807, 2.05) is 13.8 Å². The Kier molecular flexibility index (Phi) is 4.83. The van der Waals surface area contributed by atoms with E-state index < -0.39 is 11.6 Å². The second kappa shape index (κ2) is 6.73. The van der Waals surface area contributed by atoms with E-state index in [-0.39, 0.29) is 36.2 Å². The lowest BCUT2D eigenvalue weighted by molar-refractivity contribution is -0.139. The first-order valence-electron chi connectivity index (χ1n) is 9.38. The molecular weight excluding hydrogens is 306 g/mol. The van der Waals surface area contributed by atoms with Gasteiger partial charge < -0.3 is 10.6 Å². The first kappa shape index (κ1) is 17.2. The Balaban J connectivity index is 1.66. The third kappa shape index (κ3) is 2.91. The summed E-state index contributed by atoms with van der Waals surface area (Å²) in [6, 6.07) is -0.229. The number of carbonyl (C=O) groups excluding carboxylic acids is 3. The van der Waals surface area contributed by atoms with Crippen molar-refractivity contribution in [1.82, 2.24) is 15.5 Å². The first-order chi connectivity index (χ1) is 11.4. The van der Waals surface area contributed by atoms with Gasteiger partial charge in [-0.15, -0.1) is 0 Å². The van der Waals surface area contributed by atoms with Crippen molar-refractivity contribution in [3.63, 3.8) is 0 Å². The summed E-state index contributed by atoms with van der Waals surface area (Å²) in [5, 5.41) is 5.92. The van der Waals surface area contributed by atoms with Gasteiger partial charge in [0.1, 0.15) is 12.1 Å². The summed E-state index contributed by atoms with van der Waals surface area (Å²) in [5.74, 6) is -0.238. The molecule has 1 aliphatic heterocycles. The van der Waals surface area contributed by atoms with E-state index in [0.29, 0.717) is 0 Å². The minimum atomic E-state index is -0.819. The fourth-order valence-corrected chi connectivity index (χ4v) is 4.76. The van der Waals surface area contributed by atoms with Crippen LogP contribution in [0.2, 0.25) is 0 Å². The van der Waals surface area contributed by atoms with Crippen LogP contribution in [0.1, 0.15) is 65.2 Å². The number of urea groups is 1. The summed E-state index contributed by atoms with van der Waals surface area (Å²) in [4.78, 5) is 38.8. The maximum Gasteiger partial charge on any atom is 0.325 e. The van der Waals surface area contributed by atoms with Gasteiger partial charge in [-0.25, -0.2) is 4.79 Å². The lowest BCUT2D eigenvalue weighted by atomic mass is 9.67. The van der Waals surface area contributed by atoms with Gasteiger partial charge in [-0.2, -0.15) is 0 Å². The molecule has 2 N–H and O–H groups in total. The molecule has 6 heteroatoms. The van der Waals surface area contributed by atoms with E-state index in [1.165, 1.54) is 6.42 Å². The molecule has 1 saturated heterocycles. The third-order valence-electron chi connectivity index (χ3n) is 6.26. The van der Waals surface area contributed by atoms with Crippen molar-refractivity contribution in [3.8, 4) is 0 Å². The van der Waals surface area contributed by atoms with Gasteiger partial charge in [0.15, 0.2) is 0 Å². The highest BCUT2D eigenvalue weighted by molar-refractivity contribution is 6.09. The van der Waals surface area contributed by atoms with Crippen molar-refractivity contribution in [3.05, 3.63) is 0 Å². The van der Waals surface area contributed by atoms with Gasteiger partial charge in [-0.05, 0) is 37.5 Å². The number of hydrogen-bond donors (Lipinski definition) is 2. The Morgan fingerprint density at radius 3 is 2.33 bits per heavy atom. The monoisotopic (exact) mass is 335 g/mol. The van der Waals surface area contributed by atoms with Crippen LogP contribution in [0, 0.1) is 11.8 Å². The van der Waals surface area contributed by atoms with Crippen molar-refractivity contribution in [2.75, 3.05) is 6.54 Å². The number of amides is 4. The van der Waals surface area contributed by atoms with Crippen molar-refractivity contribution in [1.29, 1.82) is 0 Å². The maximum atomic E-state index is 13.0. The normalized spacial score (nSPS) is 34.5. The zero-order valence-corrected chi connectivity index (χ0v) is 14.8. The van der Waals surface area contributed by atoms with Crippen LogP contribution in [0.15, 0.2) is 0 Å². The van der Waals surface area contributed by atoms with Crippen molar-refractivity contribution in [2.24, 2.45) is 11.8 Å². The van der Waals surface area contributed by atoms with E-state index in [4.69, 9.17) is 0 Å². The van der Waals surface area contributed by atoms with Crippen LogP contribution in [0.5, 0.6) is 0 Å². The van der Waals surface area contributed by atoms with Crippen LogP contribution >= 0.6 is 0 Å². The molecule has 24 heavy (non-hydrogen) atoms. The second-order valence-corrected chi connectivity index (χ2v) is 7.83. The van der Waals surface area contributed by atoms with E-state index in [0.717, 1.165) is 49.8 Å². The van der Waals surface area contributed by atoms with Crippen molar-refractivity contribution in [2.45, 2.75) is 76.8 Å². The highest BCUT2D eigenvalue weighted by Gasteiger charge is 2.58. The number of nitrogens with zero attached hydrogens (tertiary/aromatic N) is 1. The van der Waals surface area contributed by atoms with Gasteiger partial charge in [0.05, 0.1) is 0 Å². The van der Waals surface area contributed by atoms with E-state index >= 15 is 0 Å². The Morgan fingerprint density at radius 1 is 1.08 bits per heavy atom. The summed E-state index contributed by atoms with van der Waals surface area (Å²) < 4.78 is 0. The van der Waals surface area contributed by atoms with Crippen LogP contribution < -0.4 is 10.6 Å².